The number of ether oxygens (including phenoxy) is 1. The Morgan fingerprint density at radius 2 is 1.41 bits per heavy atom. The lowest BCUT2D eigenvalue weighted by atomic mass is 9.89. The van der Waals surface area contributed by atoms with Crippen LogP contribution in [0.3, 0.4) is 0 Å². The van der Waals surface area contributed by atoms with E-state index >= 15 is 0 Å². The van der Waals surface area contributed by atoms with Gasteiger partial charge in [0.05, 0.1) is 6.61 Å². The Morgan fingerprint density at radius 3 is 2.00 bits per heavy atom. The molecule has 3 heteroatoms. The average molecular weight is 429 g/mol. The number of hydrogen-bond acceptors (Lipinski definition) is 2. The van der Waals surface area contributed by atoms with Crippen molar-refractivity contribution in [2.75, 3.05) is 11.9 Å². The Labute approximate surface area is 171 Å². The summed E-state index contributed by atoms with van der Waals surface area (Å²) in [5.74, 6) is 1.25. The molecule has 0 radical (unpaired) electrons. The van der Waals surface area contributed by atoms with Gasteiger partial charge in [-0.2, -0.15) is 0 Å². The Kier molecular flexibility index (Phi) is 7.82. The number of halogens is 1. The second-order valence-corrected chi connectivity index (χ2v) is 8.00. The van der Waals surface area contributed by atoms with E-state index in [4.69, 9.17) is 4.74 Å². The number of alkyl halides is 1. The maximum absolute atomic E-state index is 9.69. The highest BCUT2D eigenvalue weighted by atomic mass is 79.9. The van der Waals surface area contributed by atoms with Crippen molar-refractivity contribution < 1.29 is 9.84 Å². The first-order chi connectivity index (χ1) is 13.3. The minimum atomic E-state index is 0.316. The van der Waals surface area contributed by atoms with Gasteiger partial charge >= 0.3 is 0 Å². The predicted molar refractivity (Wildman–Crippen MR) is 117 cm³/mol. The molecule has 27 heavy (non-hydrogen) atoms. The van der Waals surface area contributed by atoms with Crippen LogP contribution in [-0.4, -0.2) is 17.0 Å². The smallest absolute Gasteiger partial charge is 0.119 e. The van der Waals surface area contributed by atoms with E-state index in [2.05, 4.69) is 40.2 Å². The van der Waals surface area contributed by atoms with Crippen molar-refractivity contribution in [1.29, 1.82) is 0 Å². The fourth-order valence-electron chi connectivity index (χ4n) is 3.71. The average Bonchev–Trinajstić information content (AvgIpc) is 2.97. The summed E-state index contributed by atoms with van der Waals surface area (Å²) in [5, 5.41) is 10.7. The van der Waals surface area contributed by atoms with Gasteiger partial charge in [-0.05, 0) is 79.5 Å². The number of benzene rings is 2. The summed E-state index contributed by atoms with van der Waals surface area (Å²) in [6.45, 7) is 0.761. The van der Waals surface area contributed by atoms with E-state index in [9.17, 15) is 5.11 Å². The molecule has 0 unspecified atom stereocenters. The molecule has 1 fully saturated rings. The lowest BCUT2D eigenvalue weighted by Gasteiger charge is -2.16. The van der Waals surface area contributed by atoms with Crippen LogP contribution in [0.5, 0.6) is 11.5 Å². The quantitative estimate of drug-likeness (QED) is 0.289. The second-order valence-electron chi connectivity index (χ2n) is 7.21. The highest BCUT2D eigenvalue weighted by Gasteiger charge is 2.14. The predicted octanol–water partition coefficient (Wildman–Crippen LogP) is 7.10. The molecule has 2 aromatic rings. The molecule has 0 saturated heterocycles. The molecule has 2 nitrogen and oxygen atoms in total. The highest BCUT2D eigenvalue weighted by molar-refractivity contribution is 9.09. The molecule has 0 spiro atoms. The summed E-state index contributed by atoms with van der Waals surface area (Å²) in [5.41, 5.74) is 5.31. The van der Waals surface area contributed by atoms with Crippen molar-refractivity contribution in [2.45, 2.75) is 51.4 Å². The molecule has 3 rings (SSSR count). The lowest BCUT2D eigenvalue weighted by Crippen LogP contribution is -1.98. The number of phenols is 1. The van der Waals surface area contributed by atoms with Gasteiger partial charge in [-0.15, -0.1) is 0 Å². The van der Waals surface area contributed by atoms with Gasteiger partial charge in [-0.3, -0.25) is 0 Å². The third kappa shape index (κ3) is 5.87. The van der Waals surface area contributed by atoms with Crippen LogP contribution in [0.25, 0.3) is 5.57 Å². The highest BCUT2D eigenvalue weighted by Crippen LogP contribution is 2.35. The Morgan fingerprint density at radius 1 is 0.815 bits per heavy atom. The summed E-state index contributed by atoms with van der Waals surface area (Å²) < 4.78 is 5.86. The van der Waals surface area contributed by atoms with Crippen LogP contribution >= 0.6 is 15.9 Å². The van der Waals surface area contributed by atoms with E-state index in [0.717, 1.165) is 30.5 Å². The minimum Gasteiger partial charge on any atom is -0.508 e. The molecular formula is C24H29BrO2. The fourth-order valence-corrected chi connectivity index (χ4v) is 4.11. The van der Waals surface area contributed by atoms with E-state index in [1.54, 1.807) is 17.7 Å². The van der Waals surface area contributed by atoms with Crippen molar-refractivity contribution >= 4 is 21.5 Å². The first-order valence-corrected chi connectivity index (χ1v) is 11.2. The standard InChI is InChI=1S/C24H29BrO2/c25-17-5-6-18-27-23-15-11-21(12-16-23)24(19-7-3-1-2-4-8-19)20-9-13-22(26)14-10-20/h9-16,26H,1-8,17-18H2. The SMILES string of the molecule is Oc1ccc(C(=C2CCCCCC2)c2ccc(OCCCCBr)cc2)cc1. The van der Waals surface area contributed by atoms with Gasteiger partial charge in [-0.1, -0.05) is 58.6 Å². The van der Waals surface area contributed by atoms with E-state index in [1.165, 1.54) is 55.2 Å². The summed E-state index contributed by atoms with van der Waals surface area (Å²) in [6.07, 6.45) is 9.73. The van der Waals surface area contributed by atoms with E-state index in [-0.39, 0.29) is 0 Å². The fraction of sp³-hybridized carbons (Fsp3) is 0.417. The number of phenolic OH excluding ortho intramolecular Hbond substituents is 1. The van der Waals surface area contributed by atoms with E-state index in [0.29, 0.717) is 5.75 Å². The summed E-state index contributed by atoms with van der Waals surface area (Å²) in [7, 11) is 0. The third-order valence-electron chi connectivity index (χ3n) is 5.16. The topological polar surface area (TPSA) is 29.5 Å². The Balaban J connectivity index is 1.86. The molecule has 0 heterocycles. The summed E-state index contributed by atoms with van der Waals surface area (Å²) >= 11 is 3.45. The molecule has 0 amide bonds. The van der Waals surface area contributed by atoms with Crippen LogP contribution in [-0.2, 0) is 0 Å². The maximum Gasteiger partial charge on any atom is 0.119 e. The molecule has 2 aromatic carbocycles. The van der Waals surface area contributed by atoms with Crippen LogP contribution in [0, 0.1) is 0 Å². The van der Waals surface area contributed by atoms with Gasteiger partial charge < -0.3 is 9.84 Å². The molecular weight excluding hydrogens is 400 g/mol. The molecule has 0 atom stereocenters. The largest absolute Gasteiger partial charge is 0.508 e. The van der Waals surface area contributed by atoms with Crippen molar-refractivity contribution in [3.63, 3.8) is 0 Å². The van der Waals surface area contributed by atoms with Gasteiger partial charge in [0, 0.05) is 5.33 Å². The summed E-state index contributed by atoms with van der Waals surface area (Å²) in [6, 6.07) is 16.2. The molecule has 1 saturated carbocycles. The number of allylic oxidation sites excluding steroid dienone is 1. The number of unbranched alkanes of at least 4 members (excludes halogenated alkanes) is 1. The molecule has 144 valence electrons. The van der Waals surface area contributed by atoms with Gasteiger partial charge in [0.15, 0.2) is 0 Å². The van der Waals surface area contributed by atoms with Gasteiger partial charge in [-0.25, -0.2) is 0 Å². The van der Waals surface area contributed by atoms with Crippen LogP contribution in [0.4, 0.5) is 0 Å². The maximum atomic E-state index is 9.69. The number of aromatic hydroxyl groups is 1. The van der Waals surface area contributed by atoms with Crippen LogP contribution in [0.2, 0.25) is 0 Å². The zero-order valence-corrected chi connectivity index (χ0v) is 17.5. The van der Waals surface area contributed by atoms with Gasteiger partial charge in [0.25, 0.3) is 0 Å². The molecule has 1 aliphatic rings. The van der Waals surface area contributed by atoms with Crippen LogP contribution in [0.15, 0.2) is 54.1 Å². The lowest BCUT2D eigenvalue weighted by molar-refractivity contribution is 0.310. The second kappa shape index (κ2) is 10.6. The summed E-state index contributed by atoms with van der Waals surface area (Å²) in [4.78, 5) is 0. The molecule has 1 aliphatic carbocycles. The normalized spacial score (nSPS) is 14.6. The Hall–Kier alpha value is -1.74. The van der Waals surface area contributed by atoms with Gasteiger partial charge in [0.2, 0.25) is 0 Å². The third-order valence-corrected chi connectivity index (χ3v) is 5.72. The zero-order valence-electron chi connectivity index (χ0n) is 15.9. The van der Waals surface area contributed by atoms with E-state index < -0.39 is 0 Å². The molecule has 0 aliphatic heterocycles. The number of rotatable bonds is 7. The van der Waals surface area contributed by atoms with Gasteiger partial charge in [0.1, 0.15) is 11.5 Å². The van der Waals surface area contributed by atoms with Crippen LogP contribution < -0.4 is 4.74 Å². The Bertz CT molecular complexity index is 722. The van der Waals surface area contributed by atoms with Crippen LogP contribution in [0.1, 0.15) is 62.5 Å². The first-order valence-electron chi connectivity index (χ1n) is 10.1. The van der Waals surface area contributed by atoms with Crippen molar-refractivity contribution in [1.82, 2.24) is 0 Å². The minimum absolute atomic E-state index is 0.316. The number of hydrogen-bond donors (Lipinski definition) is 1. The monoisotopic (exact) mass is 428 g/mol. The first kappa shape index (κ1) is 20.0. The molecule has 0 bridgehead atoms. The van der Waals surface area contributed by atoms with Crippen molar-refractivity contribution in [3.8, 4) is 11.5 Å². The van der Waals surface area contributed by atoms with Crippen molar-refractivity contribution in [3.05, 3.63) is 65.2 Å². The zero-order chi connectivity index (χ0) is 18.9. The van der Waals surface area contributed by atoms with Crippen molar-refractivity contribution in [2.24, 2.45) is 0 Å². The molecule has 0 aromatic heterocycles. The molecule has 1 N–H and O–H groups in total. The van der Waals surface area contributed by atoms with E-state index in [1.807, 2.05) is 12.1 Å².